The highest BCUT2D eigenvalue weighted by atomic mass is 16.2. The lowest BCUT2D eigenvalue weighted by Crippen LogP contribution is -2.16. The molecule has 0 radical (unpaired) electrons. The van der Waals surface area contributed by atoms with Crippen molar-refractivity contribution in [2.24, 2.45) is 0 Å². The number of para-hydroxylation sites is 1. The first-order valence-electron chi connectivity index (χ1n) is 9.35. The number of amides is 2. The molecule has 0 bridgehead atoms. The summed E-state index contributed by atoms with van der Waals surface area (Å²) in [5.74, 6) is -0.601. The van der Waals surface area contributed by atoms with Crippen molar-refractivity contribution in [2.75, 3.05) is 10.6 Å². The number of carbonyl (C=O) groups is 2. The van der Waals surface area contributed by atoms with Crippen molar-refractivity contribution in [2.45, 2.75) is 26.7 Å². The van der Waals surface area contributed by atoms with Crippen LogP contribution in [0.3, 0.4) is 0 Å². The average molecular weight is 373 g/mol. The van der Waals surface area contributed by atoms with Crippen LogP contribution in [0, 0.1) is 0 Å². The monoisotopic (exact) mass is 373 g/mol. The molecule has 3 aromatic rings. The Labute approximate surface area is 164 Å². The normalized spacial score (nSPS) is 10.4. The number of carbonyl (C=O) groups excluding carboxylic acids is 2. The van der Waals surface area contributed by atoms with Crippen molar-refractivity contribution < 1.29 is 9.59 Å². The van der Waals surface area contributed by atoms with Gasteiger partial charge in [-0.1, -0.05) is 44.2 Å². The summed E-state index contributed by atoms with van der Waals surface area (Å²) < 4.78 is 0. The molecule has 5 nitrogen and oxygen atoms in total. The molecule has 142 valence electrons. The van der Waals surface area contributed by atoms with Gasteiger partial charge in [-0.2, -0.15) is 0 Å². The summed E-state index contributed by atoms with van der Waals surface area (Å²) in [5, 5.41) is 5.73. The lowest BCUT2D eigenvalue weighted by Gasteiger charge is -2.10. The van der Waals surface area contributed by atoms with Crippen LogP contribution < -0.4 is 10.6 Å². The number of nitrogens with zero attached hydrogens (tertiary/aromatic N) is 1. The molecule has 2 N–H and O–H groups in total. The van der Waals surface area contributed by atoms with E-state index in [1.165, 1.54) is 18.0 Å². The summed E-state index contributed by atoms with van der Waals surface area (Å²) in [7, 11) is 0. The summed E-state index contributed by atoms with van der Waals surface area (Å²) in [6, 6.07) is 16.9. The van der Waals surface area contributed by atoms with Crippen LogP contribution in [-0.2, 0) is 12.8 Å². The molecule has 0 fully saturated rings. The van der Waals surface area contributed by atoms with Gasteiger partial charge in [0.05, 0.1) is 11.1 Å². The van der Waals surface area contributed by atoms with E-state index in [2.05, 4.69) is 22.5 Å². The minimum absolute atomic E-state index is 0.296. The SMILES string of the molecule is CCc1ccc(NC(=O)c2cncc(C(=O)Nc3ccccc3CC)c2)cc1. The predicted octanol–water partition coefficient (Wildman–Crippen LogP) is 4.71. The van der Waals surface area contributed by atoms with Gasteiger partial charge < -0.3 is 10.6 Å². The van der Waals surface area contributed by atoms with Crippen molar-refractivity contribution in [3.8, 4) is 0 Å². The Bertz CT molecular complexity index is 981. The van der Waals surface area contributed by atoms with E-state index in [0.29, 0.717) is 16.8 Å². The molecular weight excluding hydrogens is 350 g/mol. The smallest absolute Gasteiger partial charge is 0.257 e. The number of rotatable bonds is 6. The Kier molecular flexibility index (Phi) is 6.17. The first-order chi connectivity index (χ1) is 13.6. The minimum Gasteiger partial charge on any atom is -0.322 e. The molecule has 0 aliphatic heterocycles. The molecule has 1 heterocycles. The van der Waals surface area contributed by atoms with Gasteiger partial charge in [0.1, 0.15) is 0 Å². The fraction of sp³-hybridized carbons (Fsp3) is 0.174. The van der Waals surface area contributed by atoms with Crippen LogP contribution in [0.4, 0.5) is 11.4 Å². The zero-order chi connectivity index (χ0) is 19.9. The number of aryl methyl sites for hydroxylation is 2. The van der Waals surface area contributed by atoms with Crippen molar-refractivity contribution in [3.05, 3.63) is 89.2 Å². The van der Waals surface area contributed by atoms with E-state index in [0.717, 1.165) is 24.1 Å². The number of hydrogen-bond acceptors (Lipinski definition) is 3. The van der Waals surface area contributed by atoms with Crippen LogP contribution in [0.25, 0.3) is 0 Å². The number of anilines is 2. The first kappa shape index (κ1) is 19.3. The molecule has 0 aliphatic carbocycles. The largest absolute Gasteiger partial charge is 0.322 e. The molecule has 0 atom stereocenters. The number of nitrogens with one attached hydrogen (secondary N) is 2. The quantitative estimate of drug-likeness (QED) is 0.657. The number of pyridine rings is 1. The Morgan fingerprint density at radius 3 is 2.11 bits per heavy atom. The van der Waals surface area contributed by atoms with Crippen LogP contribution in [-0.4, -0.2) is 16.8 Å². The number of aromatic nitrogens is 1. The number of benzene rings is 2. The van der Waals surface area contributed by atoms with Crippen molar-refractivity contribution >= 4 is 23.2 Å². The average Bonchev–Trinajstić information content (AvgIpc) is 2.74. The molecule has 28 heavy (non-hydrogen) atoms. The third kappa shape index (κ3) is 4.62. The van der Waals surface area contributed by atoms with E-state index >= 15 is 0 Å². The molecule has 5 heteroatoms. The molecule has 2 aromatic carbocycles. The van der Waals surface area contributed by atoms with Gasteiger partial charge in [-0.15, -0.1) is 0 Å². The van der Waals surface area contributed by atoms with Crippen molar-refractivity contribution in [1.82, 2.24) is 4.98 Å². The van der Waals surface area contributed by atoms with Crippen LogP contribution in [0.1, 0.15) is 45.7 Å². The van der Waals surface area contributed by atoms with E-state index in [1.807, 2.05) is 55.5 Å². The second-order valence-electron chi connectivity index (χ2n) is 6.43. The van der Waals surface area contributed by atoms with E-state index in [1.54, 1.807) is 6.07 Å². The Hall–Kier alpha value is -3.47. The summed E-state index contributed by atoms with van der Waals surface area (Å²) in [6.45, 7) is 4.11. The van der Waals surface area contributed by atoms with Gasteiger partial charge in [-0.3, -0.25) is 14.6 Å². The zero-order valence-electron chi connectivity index (χ0n) is 16.0. The van der Waals surface area contributed by atoms with Crippen LogP contribution in [0.15, 0.2) is 67.0 Å². The fourth-order valence-electron chi connectivity index (χ4n) is 2.86. The van der Waals surface area contributed by atoms with Crippen molar-refractivity contribution in [3.63, 3.8) is 0 Å². The Morgan fingerprint density at radius 2 is 1.46 bits per heavy atom. The summed E-state index contributed by atoms with van der Waals surface area (Å²) in [4.78, 5) is 29.2. The highest BCUT2D eigenvalue weighted by Gasteiger charge is 2.13. The van der Waals surface area contributed by atoms with Gasteiger partial charge in [0.25, 0.3) is 11.8 Å². The molecule has 3 rings (SSSR count). The second-order valence-corrected chi connectivity index (χ2v) is 6.43. The molecule has 0 spiro atoms. The third-order valence-corrected chi connectivity index (χ3v) is 4.53. The maximum absolute atomic E-state index is 12.6. The maximum atomic E-state index is 12.6. The highest BCUT2D eigenvalue weighted by molar-refractivity contribution is 6.08. The van der Waals surface area contributed by atoms with E-state index in [9.17, 15) is 9.59 Å². The van der Waals surface area contributed by atoms with Gasteiger partial charge >= 0.3 is 0 Å². The van der Waals surface area contributed by atoms with Crippen LogP contribution >= 0.6 is 0 Å². The zero-order valence-corrected chi connectivity index (χ0v) is 16.0. The highest BCUT2D eigenvalue weighted by Crippen LogP contribution is 2.17. The molecular formula is C23H23N3O2. The summed E-state index contributed by atoms with van der Waals surface area (Å²) >= 11 is 0. The molecule has 0 unspecified atom stereocenters. The second kappa shape index (κ2) is 8.95. The van der Waals surface area contributed by atoms with Gasteiger partial charge in [0.2, 0.25) is 0 Å². The Balaban J connectivity index is 1.73. The summed E-state index contributed by atoms with van der Waals surface area (Å²) in [5.41, 5.74) is 4.38. The van der Waals surface area contributed by atoms with Crippen molar-refractivity contribution in [1.29, 1.82) is 0 Å². The van der Waals surface area contributed by atoms with Gasteiger partial charge in [-0.05, 0) is 48.2 Å². The first-order valence-corrected chi connectivity index (χ1v) is 9.35. The molecule has 2 amide bonds. The molecule has 1 aromatic heterocycles. The number of hydrogen-bond donors (Lipinski definition) is 2. The maximum Gasteiger partial charge on any atom is 0.257 e. The van der Waals surface area contributed by atoms with E-state index in [-0.39, 0.29) is 11.8 Å². The van der Waals surface area contributed by atoms with Gasteiger partial charge in [0.15, 0.2) is 0 Å². The summed E-state index contributed by atoms with van der Waals surface area (Å²) in [6.07, 6.45) is 4.66. The van der Waals surface area contributed by atoms with E-state index < -0.39 is 0 Å². The van der Waals surface area contributed by atoms with Gasteiger partial charge in [0, 0.05) is 23.8 Å². The van der Waals surface area contributed by atoms with Crippen LogP contribution in [0.2, 0.25) is 0 Å². The third-order valence-electron chi connectivity index (χ3n) is 4.53. The topological polar surface area (TPSA) is 71.1 Å². The molecule has 0 saturated carbocycles. The van der Waals surface area contributed by atoms with Crippen LogP contribution in [0.5, 0.6) is 0 Å². The minimum atomic E-state index is -0.305. The lowest BCUT2D eigenvalue weighted by molar-refractivity contribution is 0.102. The van der Waals surface area contributed by atoms with E-state index in [4.69, 9.17) is 0 Å². The molecule has 0 aliphatic rings. The standard InChI is InChI=1S/C23H23N3O2/c1-3-16-9-11-20(12-10-16)25-22(27)18-13-19(15-24-14-18)23(28)26-21-8-6-5-7-17(21)4-2/h5-15H,3-4H2,1-2H3,(H,25,27)(H,26,28). The lowest BCUT2D eigenvalue weighted by atomic mass is 10.1. The predicted molar refractivity (Wildman–Crippen MR) is 112 cm³/mol. The fourth-order valence-corrected chi connectivity index (χ4v) is 2.86. The molecule has 0 saturated heterocycles. The Morgan fingerprint density at radius 1 is 0.821 bits per heavy atom. The van der Waals surface area contributed by atoms with Gasteiger partial charge in [-0.25, -0.2) is 0 Å².